The van der Waals surface area contributed by atoms with Gasteiger partial charge in [0.25, 0.3) is 5.91 Å². The first-order chi connectivity index (χ1) is 11.2. The molecule has 3 atom stereocenters. The molecule has 1 saturated heterocycles. The molecule has 2 heterocycles. The number of amides is 1. The average molecular weight is 333 g/mol. The van der Waals surface area contributed by atoms with Crippen molar-refractivity contribution in [1.29, 1.82) is 0 Å². The molecule has 5 nitrogen and oxygen atoms in total. The van der Waals surface area contributed by atoms with Crippen LogP contribution in [0.15, 0.2) is 0 Å². The Morgan fingerprint density at radius 3 is 2.33 bits per heavy atom. The maximum absolute atomic E-state index is 12.6. The van der Waals surface area contributed by atoms with Crippen LogP contribution in [0, 0.1) is 25.7 Å². The van der Waals surface area contributed by atoms with E-state index in [1.165, 1.54) is 13.3 Å². The average Bonchev–Trinajstić information content (AvgIpc) is 2.72. The summed E-state index contributed by atoms with van der Waals surface area (Å²) in [4.78, 5) is 29.8. The third-order valence-corrected chi connectivity index (χ3v) is 4.87. The third kappa shape index (κ3) is 4.26. The van der Waals surface area contributed by atoms with Gasteiger partial charge in [0, 0.05) is 36.9 Å². The normalized spacial score (nSPS) is 23.1. The number of nitrogens with one attached hydrogen (secondary N) is 2. The number of nitrogens with zero attached hydrogens (tertiary/aromatic N) is 1. The van der Waals surface area contributed by atoms with Crippen molar-refractivity contribution < 1.29 is 9.59 Å². The fourth-order valence-electron chi connectivity index (χ4n) is 4.18. The van der Waals surface area contributed by atoms with Gasteiger partial charge in [-0.3, -0.25) is 9.59 Å². The zero-order chi connectivity index (χ0) is 18.0. The van der Waals surface area contributed by atoms with Gasteiger partial charge in [0.1, 0.15) is 5.69 Å². The maximum Gasteiger partial charge on any atom is 0.268 e. The molecule has 0 aromatic carbocycles. The van der Waals surface area contributed by atoms with Gasteiger partial charge in [-0.1, -0.05) is 13.8 Å². The number of hydrogen-bond donors (Lipinski definition) is 2. The number of piperidine rings is 1. The molecular formula is C19H31N3O2. The van der Waals surface area contributed by atoms with E-state index in [1.54, 1.807) is 0 Å². The largest absolute Gasteiger partial charge is 0.354 e. The minimum atomic E-state index is -0.131. The Bertz CT molecular complexity index is 610. The summed E-state index contributed by atoms with van der Waals surface area (Å²) in [6, 6.07) is 0.0683. The van der Waals surface area contributed by atoms with Gasteiger partial charge in [-0.2, -0.15) is 0 Å². The predicted octanol–water partition coefficient (Wildman–Crippen LogP) is 2.93. The van der Waals surface area contributed by atoms with Gasteiger partial charge in [-0.05, 0) is 51.5 Å². The summed E-state index contributed by atoms with van der Waals surface area (Å²) in [5.41, 5.74) is 2.64. The molecule has 0 radical (unpaired) electrons. The quantitative estimate of drug-likeness (QED) is 0.814. The summed E-state index contributed by atoms with van der Waals surface area (Å²) in [5.74, 6) is 1.28. The Kier molecular flexibility index (Phi) is 5.86. The molecule has 24 heavy (non-hydrogen) atoms. The summed E-state index contributed by atoms with van der Waals surface area (Å²) in [6.07, 6.45) is 1.28. The summed E-state index contributed by atoms with van der Waals surface area (Å²) in [5, 5.41) is 3.07. The number of Topliss-reactive ketones (excluding diaryl/α,β-unsaturated/α-hetero) is 1. The molecule has 3 unspecified atom stereocenters. The highest BCUT2D eigenvalue weighted by Crippen LogP contribution is 2.21. The van der Waals surface area contributed by atoms with Gasteiger partial charge in [-0.15, -0.1) is 0 Å². The van der Waals surface area contributed by atoms with Gasteiger partial charge >= 0.3 is 0 Å². The van der Waals surface area contributed by atoms with Crippen molar-refractivity contribution in [3.05, 3.63) is 22.5 Å². The van der Waals surface area contributed by atoms with Crippen LogP contribution in [0.3, 0.4) is 0 Å². The van der Waals surface area contributed by atoms with E-state index < -0.39 is 0 Å². The topological polar surface area (TPSA) is 65.2 Å². The molecule has 1 aliphatic heterocycles. The van der Waals surface area contributed by atoms with Crippen LogP contribution in [-0.4, -0.2) is 47.3 Å². The van der Waals surface area contributed by atoms with E-state index in [0.29, 0.717) is 23.1 Å². The fourth-order valence-corrected chi connectivity index (χ4v) is 4.18. The molecule has 0 bridgehead atoms. The number of carbonyl (C=O) groups is 2. The number of hydrogen-bond acceptors (Lipinski definition) is 3. The lowest BCUT2D eigenvalue weighted by Crippen LogP contribution is -2.47. The van der Waals surface area contributed by atoms with Crippen LogP contribution in [0.5, 0.6) is 0 Å². The van der Waals surface area contributed by atoms with E-state index >= 15 is 0 Å². The number of H-pyrrole nitrogens is 1. The number of aryl methyl sites for hydroxylation is 1. The number of rotatable bonds is 5. The van der Waals surface area contributed by atoms with E-state index in [0.717, 1.165) is 30.9 Å². The van der Waals surface area contributed by atoms with Crippen molar-refractivity contribution in [2.75, 3.05) is 19.6 Å². The summed E-state index contributed by atoms with van der Waals surface area (Å²) in [6.45, 7) is 14.9. The molecule has 1 aliphatic rings. The van der Waals surface area contributed by atoms with Crippen molar-refractivity contribution in [2.45, 2.75) is 54.0 Å². The van der Waals surface area contributed by atoms with E-state index in [9.17, 15) is 9.59 Å². The lowest BCUT2D eigenvalue weighted by Gasteiger charge is -2.36. The predicted molar refractivity (Wildman–Crippen MR) is 96.6 cm³/mol. The molecular weight excluding hydrogens is 302 g/mol. The van der Waals surface area contributed by atoms with Crippen LogP contribution in [0.1, 0.15) is 66.2 Å². The van der Waals surface area contributed by atoms with Crippen LogP contribution < -0.4 is 5.32 Å². The number of aromatic amines is 1. The second-order valence-corrected chi connectivity index (χ2v) is 7.72. The maximum atomic E-state index is 12.6. The van der Waals surface area contributed by atoms with Gasteiger partial charge in [0.2, 0.25) is 0 Å². The fraction of sp³-hybridized carbons (Fsp3) is 0.684. The minimum Gasteiger partial charge on any atom is -0.354 e. The highest BCUT2D eigenvalue weighted by Gasteiger charge is 2.25. The first kappa shape index (κ1) is 18.7. The Labute approximate surface area is 145 Å². The Hall–Kier alpha value is -1.62. The van der Waals surface area contributed by atoms with Crippen molar-refractivity contribution >= 4 is 11.7 Å². The highest BCUT2D eigenvalue weighted by atomic mass is 16.2. The van der Waals surface area contributed by atoms with Gasteiger partial charge in [0.15, 0.2) is 5.78 Å². The standard InChI is InChI=1S/C19H31N3O2/c1-11-7-12(2)9-22(8-11)10-13(3)20-19(24)18-14(4)17(16(6)23)15(5)21-18/h11-13,21H,7-10H2,1-6H3,(H,20,24). The second-order valence-electron chi connectivity index (χ2n) is 7.72. The Balaban J connectivity index is 1.99. The first-order valence-corrected chi connectivity index (χ1v) is 8.92. The van der Waals surface area contributed by atoms with E-state index in [2.05, 4.69) is 29.0 Å². The van der Waals surface area contributed by atoms with Gasteiger partial charge in [0.05, 0.1) is 0 Å². The number of likely N-dealkylation sites (tertiary alicyclic amines) is 1. The van der Waals surface area contributed by atoms with Crippen LogP contribution in [-0.2, 0) is 0 Å². The highest BCUT2D eigenvalue weighted by molar-refractivity contribution is 6.02. The Morgan fingerprint density at radius 2 is 1.83 bits per heavy atom. The van der Waals surface area contributed by atoms with Gasteiger partial charge in [-0.25, -0.2) is 0 Å². The van der Waals surface area contributed by atoms with Crippen molar-refractivity contribution in [1.82, 2.24) is 15.2 Å². The summed E-state index contributed by atoms with van der Waals surface area (Å²) >= 11 is 0. The van der Waals surface area contributed by atoms with Crippen molar-refractivity contribution in [3.8, 4) is 0 Å². The molecule has 1 fully saturated rings. The smallest absolute Gasteiger partial charge is 0.268 e. The molecule has 2 rings (SSSR count). The molecule has 1 aromatic heterocycles. The Morgan fingerprint density at radius 1 is 1.25 bits per heavy atom. The van der Waals surface area contributed by atoms with Crippen molar-refractivity contribution in [2.24, 2.45) is 11.8 Å². The SMILES string of the molecule is CC(=O)c1c(C)[nH]c(C(=O)NC(C)CN2CC(C)CC(C)C2)c1C. The van der Waals surface area contributed by atoms with Crippen LogP contribution in [0.2, 0.25) is 0 Å². The van der Waals surface area contributed by atoms with Crippen LogP contribution >= 0.6 is 0 Å². The summed E-state index contributed by atoms with van der Waals surface area (Å²) in [7, 11) is 0. The van der Waals surface area contributed by atoms with E-state index in [-0.39, 0.29) is 17.7 Å². The lowest BCUT2D eigenvalue weighted by atomic mass is 9.92. The molecule has 2 N–H and O–H groups in total. The molecule has 5 heteroatoms. The molecule has 134 valence electrons. The second kappa shape index (κ2) is 7.51. The number of ketones is 1. The minimum absolute atomic E-state index is 0.00959. The first-order valence-electron chi connectivity index (χ1n) is 8.92. The lowest BCUT2D eigenvalue weighted by molar-refractivity contribution is 0.0900. The zero-order valence-electron chi connectivity index (χ0n) is 15.8. The number of carbonyl (C=O) groups excluding carboxylic acids is 2. The monoisotopic (exact) mass is 333 g/mol. The summed E-state index contributed by atoms with van der Waals surface area (Å²) < 4.78 is 0. The molecule has 1 aromatic rings. The molecule has 0 saturated carbocycles. The zero-order valence-corrected chi connectivity index (χ0v) is 15.8. The van der Waals surface area contributed by atoms with Crippen molar-refractivity contribution in [3.63, 3.8) is 0 Å². The third-order valence-electron chi connectivity index (χ3n) is 4.87. The molecule has 0 spiro atoms. The molecule has 0 aliphatic carbocycles. The van der Waals surface area contributed by atoms with Gasteiger partial charge < -0.3 is 15.2 Å². The van der Waals surface area contributed by atoms with Crippen LogP contribution in [0.4, 0.5) is 0 Å². The van der Waals surface area contributed by atoms with E-state index in [4.69, 9.17) is 0 Å². The van der Waals surface area contributed by atoms with E-state index in [1.807, 2.05) is 20.8 Å². The number of aromatic nitrogens is 1. The van der Waals surface area contributed by atoms with Crippen LogP contribution in [0.25, 0.3) is 0 Å². The molecule has 1 amide bonds.